The van der Waals surface area contributed by atoms with E-state index in [0.29, 0.717) is 19.1 Å². The number of hydrogen-bond donors (Lipinski definition) is 1. The number of nitrogens with zero attached hydrogens (tertiary/aromatic N) is 1. The van der Waals surface area contributed by atoms with Gasteiger partial charge in [0.05, 0.1) is 17.8 Å². The predicted molar refractivity (Wildman–Crippen MR) is 73.3 cm³/mol. The molecule has 1 fully saturated rings. The van der Waals surface area contributed by atoms with Crippen molar-refractivity contribution < 1.29 is 9.53 Å². The number of ether oxygens (including phenoxy) is 1. The zero-order chi connectivity index (χ0) is 13.9. The number of hydrogen-bond acceptors (Lipinski definition) is 3. The van der Waals surface area contributed by atoms with E-state index in [0.717, 1.165) is 6.42 Å². The smallest absolute Gasteiger partial charge is 0.243 e. The van der Waals surface area contributed by atoms with Gasteiger partial charge < -0.3 is 9.64 Å². The van der Waals surface area contributed by atoms with Crippen molar-refractivity contribution in [3.05, 3.63) is 0 Å². The lowest BCUT2D eigenvalue weighted by Gasteiger charge is -2.29. The summed E-state index contributed by atoms with van der Waals surface area (Å²) in [6.45, 7) is 13.7. The molecule has 0 aromatic carbocycles. The molecule has 1 aliphatic rings. The van der Waals surface area contributed by atoms with E-state index in [1.807, 2.05) is 25.7 Å². The minimum atomic E-state index is -0.416. The van der Waals surface area contributed by atoms with Crippen LogP contribution in [-0.4, -0.2) is 41.8 Å². The molecular weight excluding hydrogens is 228 g/mol. The largest absolute Gasteiger partial charge is 0.377 e. The zero-order valence-corrected chi connectivity index (χ0v) is 12.6. The molecule has 0 spiro atoms. The normalized spacial score (nSPS) is 30.3. The summed E-state index contributed by atoms with van der Waals surface area (Å²) in [4.78, 5) is 14.5. The van der Waals surface area contributed by atoms with Gasteiger partial charge in [-0.05, 0) is 33.1 Å². The summed E-state index contributed by atoms with van der Waals surface area (Å²) in [7, 11) is 0. The highest BCUT2D eigenvalue weighted by Gasteiger charge is 2.47. The molecule has 1 saturated heterocycles. The molecule has 0 bridgehead atoms. The summed E-state index contributed by atoms with van der Waals surface area (Å²) in [6, 6.07) is 0. The predicted octanol–water partition coefficient (Wildman–Crippen LogP) is 1.99. The minimum absolute atomic E-state index is 0.0845. The Balaban J connectivity index is 2.81. The van der Waals surface area contributed by atoms with Gasteiger partial charge in [0.2, 0.25) is 5.91 Å². The lowest BCUT2D eigenvalue weighted by atomic mass is 9.99. The zero-order valence-electron chi connectivity index (χ0n) is 12.6. The molecule has 0 aromatic heterocycles. The highest BCUT2D eigenvalue weighted by Crippen LogP contribution is 2.27. The second-order valence-corrected chi connectivity index (χ2v) is 5.74. The molecule has 1 rings (SSSR count). The van der Waals surface area contributed by atoms with Crippen LogP contribution in [0.2, 0.25) is 0 Å². The van der Waals surface area contributed by atoms with Crippen molar-refractivity contribution in [3.8, 4) is 0 Å². The third-order valence-corrected chi connectivity index (χ3v) is 3.78. The van der Waals surface area contributed by atoms with Gasteiger partial charge in [0.15, 0.2) is 0 Å². The fourth-order valence-electron chi connectivity index (χ4n) is 2.50. The molecular formula is C14H28N2O2. The Hall–Kier alpha value is -0.610. The molecule has 0 saturated carbocycles. The van der Waals surface area contributed by atoms with Gasteiger partial charge in [-0.15, -0.1) is 0 Å². The number of amides is 1. The molecule has 1 heterocycles. The van der Waals surface area contributed by atoms with Gasteiger partial charge >= 0.3 is 0 Å². The van der Waals surface area contributed by atoms with Crippen molar-refractivity contribution in [1.29, 1.82) is 0 Å². The standard InChI is InChI=1S/C14H28N2O2/c1-7-14(6)13(17)16(9-11(5)18-8-2)12(15-14)10(3)4/h10-12,15H,7-9H2,1-6H3. The quantitative estimate of drug-likeness (QED) is 0.790. The summed E-state index contributed by atoms with van der Waals surface area (Å²) in [5.74, 6) is 0.603. The Morgan fingerprint density at radius 2 is 2.00 bits per heavy atom. The Kier molecular flexibility index (Phi) is 5.17. The van der Waals surface area contributed by atoms with Crippen molar-refractivity contribution in [3.63, 3.8) is 0 Å². The molecule has 3 unspecified atom stereocenters. The Labute approximate surface area is 111 Å². The van der Waals surface area contributed by atoms with E-state index in [1.165, 1.54) is 0 Å². The van der Waals surface area contributed by atoms with Crippen LogP contribution in [0.25, 0.3) is 0 Å². The lowest BCUT2D eigenvalue weighted by molar-refractivity contribution is -0.135. The molecule has 0 aromatic rings. The van der Waals surface area contributed by atoms with E-state index >= 15 is 0 Å². The molecule has 1 aliphatic heterocycles. The maximum absolute atomic E-state index is 12.5. The molecule has 106 valence electrons. The van der Waals surface area contributed by atoms with Gasteiger partial charge in [0.1, 0.15) is 0 Å². The summed E-state index contributed by atoms with van der Waals surface area (Å²) in [6.07, 6.45) is 1.01. The number of carbonyl (C=O) groups is 1. The first-order valence-corrected chi connectivity index (χ1v) is 7.06. The molecule has 3 atom stereocenters. The highest BCUT2D eigenvalue weighted by atomic mass is 16.5. The van der Waals surface area contributed by atoms with Crippen LogP contribution in [0.5, 0.6) is 0 Å². The Morgan fingerprint density at radius 3 is 2.44 bits per heavy atom. The van der Waals surface area contributed by atoms with Crippen molar-refractivity contribution in [2.45, 2.75) is 65.8 Å². The average molecular weight is 256 g/mol. The maximum atomic E-state index is 12.5. The van der Waals surface area contributed by atoms with Crippen LogP contribution >= 0.6 is 0 Å². The Bertz CT molecular complexity index is 294. The van der Waals surface area contributed by atoms with Gasteiger partial charge in [-0.3, -0.25) is 10.1 Å². The molecule has 1 amide bonds. The number of nitrogens with one attached hydrogen (secondary N) is 1. The van der Waals surface area contributed by atoms with Crippen molar-refractivity contribution >= 4 is 5.91 Å². The van der Waals surface area contributed by atoms with Crippen LogP contribution in [0.3, 0.4) is 0 Å². The van der Waals surface area contributed by atoms with E-state index in [1.54, 1.807) is 0 Å². The van der Waals surface area contributed by atoms with E-state index < -0.39 is 5.54 Å². The molecule has 1 N–H and O–H groups in total. The fourth-order valence-corrected chi connectivity index (χ4v) is 2.50. The average Bonchev–Trinajstić information content (AvgIpc) is 2.55. The van der Waals surface area contributed by atoms with Crippen LogP contribution in [0.4, 0.5) is 0 Å². The van der Waals surface area contributed by atoms with Gasteiger partial charge in [0.25, 0.3) is 0 Å². The third-order valence-electron chi connectivity index (χ3n) is 3.78. The number of carbonyl (C=O) groups excluding carboxylic acids is 1. The van der Waals surface area contributed by atoms with Crippen LogP contribution in [0, 0.1) is 5.92 Å². The van der Waals surface area contributed by atoms with Crippen LogP contribution in [0.1, 0.15) is 48.0 Å². The SMILES string of the molecule is CCOC(C)CN1C(=O)C(C)(CC)NC1C(C)C. The van der Waals surface area contributed by atoms with Gasteiger partial charge in [-0.2, -0.15) is 0 Å². The minimum Gasteiger partial charge on any atom is -0.377 e. The molecule has 4 nitrogen and oxygen atoms in total. The van der Waals surface area contributed by atoms with Gasteiger partial charge in [-0.1, -0.05) is 20.8 Å². The maximum Gasteiger partial charge on any atom is 0.243 e. The van der Waals surface area contributed by atoms with Crippen molar-refractivity contribution in [2.75, 3.05) is 13.2 Å². The van der Waals surface area contributed by atoms with Crippen LogP contribution in [0.15, 0.2) is 0 Å². The van der Waals surface area contributed by atoms with Crippen molar-refractivity contribution in [2.24, 2.45) is 5.92 Å². The first kappa shape index (κ1) is 15.4. The summed E-state index contributed by atoms with van der Waals surface area (Å²) in [5, 5.41) is 3.48. The molecule has 0 aliphatic carbocycles. The van der Waals surface area contributed by atoms with Crippen LogP contribution < -0.4 is 5.32 Å². The van der Waals surface area contributed by atoms with E-state index in [2.05, 4.69) is 26.1 Å². The molecule has 0 radical (unpaired) electrons. The second kappa shape index (κ2) is 6.02. The Morgan fingerprint density at radius 1 is 1.39 bits per heavy atom. The van der Waals surface area contributed by atoms with Crippen LogP contribution in [-0.2, 0) is 9.53 Å². The molecule has 18 heavy (non-hydrogen) atoms. The monoisotopic (exact) mass is 256 g/mol. The fraction of sp³-hybridized carbons (Fsp3) is 0.929. The van der Waals surface area contributed by atoms with E-state index in [4.69, 9.17) is 4.74 Å². The van der Waals surface area contributed by atoms with Gasteiger partial charge in [0, 0.05) is 13.2 Å². The third kappa shape index (κ3) is 3.04. The van der Waals surface area contributed by atoms with Gasteiger partial charge in [-0.25, -0.2) is 0 Å². The van der Waals surface area contributed by atoms with Crippen molar-refractivity contribution in [1.82, 2.24) is 10.2 Å². The van der Waals surface area contributed by atoms with E-state index in [9.17, 15) is 4.79 Å². The summed E-state index contributed by atoms with van der Waals surface area (Å²) < 4.78 is 5.56. The summed E-state index contributed by atoms with van der Waals surface area (Å²) >= 11 is 0. The van der Waals surface area contributed by atoms with E-state index in [-0.39, 0.29) is 18.2 Å². The topological polar surface area (TPSA) is 41.6 Å². The first-order chi connectivity index (χ1) is 8.35. The number of rotatable bonds is 6. The molecule has 4 heteroatoms. The first-order valence-electron chi connectivity index (χ1n) is 7.06. The highest BCUT2D eigenvalue weighted by molar-refractivity contribution is 5.88. The lowest BCUT2D eigenvalue weighted by Crippen LogP contribution is -2.45. The second-order valence-electron chi connectivity index (χ2n) is 5.74. The summed E-state index contributed by atoms with van der Waals surface area (Å²) in [5.41, 5.74) is -0.416.